The van der Waals surface area contributed by atoms with Gasteiger partial charge in [-0.05, 0) is 122 Å². The lowest BCUT2D eigenvalue weighted by Crippen LogP contribution is -2.48. The van der Waals surface area contributed by atoms with Gasteiger partial charge in [0, 0.05) is 17.7 Å². The van der Waals surface area contributed by atoms with Crippen LogP contribution in [-0.2, 0) is 11.2 Å². The molecule has 1 heterocycles. The number of hydrogen-bond acceptors (Lipinski definition) is 4. The number of aromatic nitrogens is 1. The van der Waals surface area contributed by atoms with E-state index in [9.17, 15) is 4.79 Å². The Labute approximate surface area is 205 Å². The molecule has 0 unspecified atom stereocenters. The number of fused-ring (bicyclic) bond motifs is 1. The van der Waals surface area contributed by atoms with Gasteiger partial charge in [-0.3, -0.25) is 4.79 Å². The molecule has 2 aromatic carbocycles. The molecule has 0 spiro atoms. The van der Waals surface area contributed by atoms with E-state index in [-0.39, 0.29) is 11.3 Å². The van der Waals surface area contributed by atoms with Crippen molar-refractivity contribution in [3.8, 4) is 11.5 Å². The molecule has 2 N–H and O–H groups in total. The molecule has 1 amide bonds. The highest BCUT2D eigenvalue weighted by Gasteiger charge is 2.51. The zero-order valence-corrected chi connectivity index (χ0v) is 20.4. The Bertz CT molecular complexity index is 1210. The van der Waals surface area contributed by atoms with Crippen LogP contribution in [0.2, 0.25) is 0 Å². The van der Waals surface area contributed by atoms with E-state index in [2.05, 4.69) is 34.7 Å². The molecule has 4 aliphatic carbocycles. The Kier molecular flexibility index (Phi) is 5.44. The van der Waals surface area contributed by atoms with Gasteiger partial charge in [-0.1, -0.05) is 13.0 Å². The third-order valence-corrected chi connectivity index (χ3v) is 8.41. The summed E-state index contributed by atoms with van der Waals surface area (Å²) in [5.41, 5.74) is 4.85. The quantitative estimate of drug-likeness (QED) is 0.415. The highest BCUT2D eigenvalue weighted by molar-refractivity contribution is 7.80. The standard InChI is InChI=1S/C28H31N3O2S/c1-2-17-3-8-24-23(12-17)30-26(33-24)21-4-6-22(7-5-21)29-27(34)31-25(32)16-28-13-18-9-19(14-28)11-20(10-18)15-28/h3-8,12,18-20H,2,9-11,13-16H2,1H3,(H2,29,31,32,34). The molecule has 7 rings (SSSR count). The van der Waals surface area contributed by atoms with Crippen molar-refractivity contribution in [3.63, 3.8) is 0 Å². The van der Waals surface area contributed by atoms with Crippen LogP contribution in [0, 0.1) is 23.2 Å². The summed E-state index contributed by atoms with van der Waals surface area (Å²) in [6.45, 7) is 2.13. The fourth-order valence-corrected chi connectivity index (χ4v) is 7.42. The van der Waals surface area contributed by atoms with Gasteiger partial charge < -0.3 is 15.1 Å². The maximum Gasteiger partial charge on any atom is 0.227 e. The monoisotopic (exact) mass is 473 g/mol. The van der Waals surface area contributed by atoms with Crippen LogP contribution in [0.5, 0.6) is 0 Å². The van der Waals surface area contributed by atoms with E-state index < -0.39 is 0 Å². The Morgan fingerprint density at radius 2 is 1.74 bits per heavy atom. The summed E-state index contributed by atoms with van der Waals surface area (Å²) in [5.74, 6) is 3.18. The van der Waals surface area contributed by atoms with Crippen LogP contribution < -0.4 is 10.6 Å². The topological polar surface area (TPSA) is 67.2 Å². The lowest BCUT2D eigenvalue weighted by Gasteiger charge is -2.56. The fourth-order valence-electron chi connectivity index (χ4n) is 7.19. The Hall–Kier alpha value is -2.73. The van der Waals surface area contributed by atoms with Crippen molar-refractivity contribution in [2.45, 2.75) is 58.3 Å². The molecule has 4 saturated carbocycles. The molecule has 6 heteroatoms. The van der Waals surface area contributed by atoms with Crippen LogP contribution >= 0.6 is 12.2 Å². The molecular formula is C28H31N3O2S. The molecule has 0 saturated heterocycles. The number of thiocarbonyl (C=S) groups is 1. The normalized spacial score (nSPS) is 27.1. The Morgan fingerprint density at radius 1 is 1.06 bits per heavy atom. The van der Waals surface area contributed by atoms with Crippen molar-refractivity contribution in [1.82, 2.24) is 10.3 Å². The SMILES string of the molecule is CCc1ccc2oc(-c3ccc(NC(=S)NC(=O)CC45CC6CC(CC(C6)C4)C5)cc3)nc2c1. The molecule has 4 bridgehead atoms. The molecule has 4 aliphatic rings. The first-order valence-corrected chi connectivity index (χ1v) is 13.0. The van der Waals surface area contributed by atoms with Crippen LogP contribution in [0.4, 0.5) is 5.69 Å². The molecule has 4 fully saturated rings. The highest BCUT2D eigenvalue weighted by atomic mass is 32.1. The largest absolute Gasteiger partial charge is 0.436 e. The number of oxazole rings is 1. The van der Waals surface area contributed by atoms with Crippen molar-refractivity contribution in [1.29, 1.82) is 0 Å². The predicted octanol–water partition coefficient (Wildman–Crippen LogP) is 6.48. The Morgan fingerprint density at radius 3 is 2.38 bits per heavy atom. The summed E-state index contributed by atoms with van der Waals surface area (Å²) in [6.07, 6.45) is 9.42. The summed E-state index contributed by atoms with van der Waals surface area (Å²) in [4.78, 5) is 17.5. The first-order chi connectivity index (χ1) is 16.5. The maximum atomic E-state index is 12.8. The highest BCUT2D eigenvalue weighted by Crippen LogP contribution is 2.61. The zero-order chi connectivity index (χ0) is 23.3. The van der Waals surface area contributed by atoms with E-state index in [0.717, 1.165) is 46.5 Å². The number of carbonyl (C=O) groups excluding carboxylic acids is 1. The molecule has 0 radical (unpaired) electrons. The van der Waals surface area contributed by atoms with Crippen LogP contribution in [0.25, 0.3) is 22.6 Å². The summed E-state index contributed by atoms with van der Waals surface area (Å²) >= 11 is 5.44. The van der Waals surface area contributed by atoms with Crippen molar-refractivity contribution >= 4 is 40.0 Å². The average molecular weight is 474 g/mol. The average Bonchev–Trinajstić information content (AvgIpc) is 3.21. The Balaban J connectivity index is 1.07. The summed E-state index contributed by atoms with van der Waals surface area (Å²) in [5, 5.41) is 6.44. The van der Waals surface area contributed by atoms with Gasteiger partial charge in [0.2, 0.25) is 11.8 Å². The maximum absolute atomic E-state index is 12.8. The van der Waals surface area contributed by atoms with Crippen molar-refractivity contribution < 1.29 is 9.21 Å². The first kappa shape index (κ1) is 21.8. The van der Waals surface area contributed by atoms with Gasteiger partial charge in [0.25, 0.3) is 0 Å². The number of hydrogen-bond donors (Lipinski definition) is 2. The van der Waals surface area contributed by atoms with E-state index in [1.807, 2.05) is 30.3 Å². The van der Waals surface area contributed by atoms with E-state index in [0.29, 0.717) is 17.4 Å². The third kappa shape index (κ3) is 4.24. The molecule has 1 aromatic heterocycles. The van der Waals surface area contributed by atoms with Crippen molar-refractivity contribution in [2.24, 2.45) is 23.2 Å². The molecule has 3 aromatic rings. The second-order valence-electron chi connectivity index (χ2n) is 10.8. The van der Waals surface area contributed by atoms with E-state index >= 15 is 0 Å². The predicted molar refractivity (Wildman–Crippen MR) is 138 cm³/mol. The smallest absolute Gasteiger partial charge is 0.227 e. The molecular weight excluding hydrogens is 442 g/mol. The number of carbonyl (C=O) groups is 1. The number of aryl methyl sites for hydroxylation is 1. The number of benzene rings is 2. The van der Waals surface area contributed by atoms with Crippen LogP contribution in [0.3, 0.4) is 0 Å². The fraction of sp³-hybridized carbons (Fsp3) is 0.464. The van der Waals surface area contributed by atoms with Gasteiger partial charge in [0.15, 0.2) is 10.7 Å². The number of amides is 1. The van der Waals surface area contributed by atoms with Gasteiger partial charge in [0.1, 0.15) is 5.52 Å². The van der Waals surface area contributed by atoms with Crippen molar-refractivity contribution in [2.75, 3.05) is 5.32 Å². The van der Waals surface area contributed by atoms with Crippen LogP contribution in [0.15, 0.2) is 46.9 Å². The van der Waals surface area contributed by atoms with E-state index in [1.165, 1.54) is 44.1 Å². The summed E-state index contributed by atoms with van der Waals surface area (Å²) in [6, 6.07) is 13.9. The molecule has 5 nitrogen and oxygen atoms in total. The van der Waals surface area contributed by atoms with E-state index in [4.69, 9.17) is 16.6 Å². The van der Waals surface area contributed by atoms with Crippen LogP contribution in [-0.4, -0.2) is 16.0 Å². The third-order valence-electron chi connectivity index (χ3n) is 8.20. The lowest BCUT2D eigenvalue weighted by molar-refractivity contribution is -0.127. The first-order valence-electron chi connectivity index (χ1n) is 12.6. The second kappa shape index (κ2) is 8.49. The number of rotatable bonds is 5. The molecule has 0 atom stereocenters. The van der Waals surface area contributed by atoms with E-state index in [1.54, 1.807) is 0 Å². The zero-order valence-electron chi connectivity index (χ0n) is 19.6. The van der Waals surface area contributed by atoms with Gasteiger partial charge >= 0.3 is 0 Å². The minimum Gasteiger partial charge on any atom is -0.436 e. The van der Waals surface area contributed by atoms with Crippen molar-refractivity contribution in [3.05, 3.63) is 48.0 Å². The molecule has 176 valence electrons. The van der Waals surface area contributed by atoms with Crippen LogP contribution in [0.1, 0.15) is 57.4 Å². The molecule has 0 aliphatic heterocycles. The number of anilines is 1. The minimum atomic E-state index is 0.0500. The summed E-state index contributed by atoms with van der Waals surface area (Å²) < 4.78 is 5.93. The van der Waals surface area contributed by atoms with Gasteiger partial charge in [-0.25, -0.2) is 4.98 Å². The number of nitrogens with zero attached hydrogens (tertiary/aromatic N) is 1. The molecule has 34 heavy (non-hydrogen) atoms. The van der Waals surface area contributed by atoms with Gasteiger partial charge in [0.05, 0.1) is 0 Å². The number of nitrogens with one attached hydrogen (secondary N) is 2. The minimum absolute atomic E-state index is 0.0500. The van der Waals surface area contributed by atoms with Gasteiger partial charge in [-0.2, -0.15) is 0 Å². The lowest BCUT2D eigenvalue weighted by atomic mass is 9.49. The summed E-state index contributed by atoms with van der Waals surface area (Å²) in [7, 11) is 0. The van der Waals surface area contributed by atoms with Gasteiger partial charge in [-0.15, -0.1) is 0 Å². The second-order valence-corrected chi connectivity index (χ2v) is 11.3.